The average molecular weight is 468 g/mol. The summed E-state index contributed by atoms with van der Waals surface area (Å²) in [5, 5.41) is 4.35. The first-order chi connectivity index (χ1) is 14.8. The molecule has 1 amide bonds. The van der Waals surface area contributed by atoms with E-state index >= 15 is 0 Å². The summed E-state index contributed by atoms with van der Waals surface area (Å²) >= 11 is 6.22. The topological polar surface area (TPSA) is 93.0 Å². The SMILES string of the molecule is Cc1noc(C)c1S(=O)(=O)N1CCN(C(=O)C2(c3cccc(Cl)c3)CCOCC2)CC1. The van der Waals surface area contributed by atoms with Crippen LogP contribution in [0.4, 0.5) is 0 Å². The Kier molecular flexibility index (Phi) is 6.13. The van der Waals surface area contributed by atoms with Gasteiger partial charge in [0, 0.05) is 44.4 Å². The van der Waals surface area contributed by atoms with Crippen molar-refractivity contribution in [3.05, 3.63) is 46.3 Å². The molecular formula is C21H26ClN3O5S. The molecule has 1 aromatic heterocycles. The molecule has 0 bridgehead atoms. The molecule has 0 N–H and O–H groups in total. The fourth-order valence-corrected chi connectivity index (χ4v) is 6.44. The molecular weight excluding hydrogens is 442 g/mol. The predicted octanol–water partition coefficient (Wildman–Crippen LogP) is 2.53. The van der Waals surface area contributed by atoms with E-state index in [4.69, 9.17) is 20.9 Å². The lowest BCUT2D eigenvalue weighted by Crippen LogP contribution is -2.56. The van der Waals surface area contributed by atoms with Crippen molar-refractivity contribution in [1.29, 1.82) is 0 Å². The Hall–Kier alpha value is -1.94. The number of sulfonamides is 1. The number of nitrogens with zero attached hydrogens (tertiary/aromatic N) is 3. The number of ether oxygens (including phenoxy) is 1. The molecule has 168 valence electrons. The highest BCUT2D eigenvalue weighted by Gasteiger charge is 2.45. The number of halogens is 1. The molecule has 0 aliphatic carbocycles. The second kappa shape index (κ2) is 8.54. The van der Waals surface area contributed by atoms with Crippen LogP contribution < -0.4 is 0 Å². The Morgan fingerprint density at radius 1 is 1.13 bits per heavy atom. The van der Waals surface area contributed by atoms with Crippen LogP contribution >= 0.6 is 11.6 Å². The van der Waals surface area contributed by atoms with Crippen molar-refractivity contribution >= 4 is 27.5 Å². The van der Waals surface area contributed by atoms with Gasteiger partial charge >= 0.3 is 0 Å². The normalized spacial score (nSPS) is 20.0. The van der Waals surface area contributed by atoms with E-state index in [1.807, 2.05) is 18.2 Å². The van der Waals surface area contributed by atoms with E-state index in [0.29, 0.717) is 49.9 Å². The summed E-state index contributed by atoms with van der Waals surface area (Å²) in [5.74, 6) is 0.283. The van der Waals surface area contributed by atoms with Crippen LogP contribution in [-0.4, -0.2) is 68.1 Å². The molecule has 2 aliphatic heterocycles. The van der Waals surface area contributed by atoms with Crippen LogP contribution in [0.3, 0.4) is 0 Å². The summed E-state index contributed by atoms with van der Waals surface area (Å²) in [6.45, 7) is 5.29. The molecule has 3 heterocycles. The lowest BCUT2D eigenvalue weighted by Gasteiger charge is -2.42. The van der Waals surface area contributed by atoms with E-state index in [-0.39, 0.29) is 29.7 Å². The van der Waals surface area contributed by atoms with Crippen LogP contribution in [0.5, 0.6) is 0 Å². The highest BCUT2D eigenvalue weighted by molar-refractivity contribution is 7.89. The van der Waals surface area contributed by atoms with E-state index in [1.165, 1.54) is 4.31 Å². The van der Waals surface area contributed by atoms with Gasteiger partial charge in [-0.25, -0.2) is 8.42 Å². The van der Waals surface area contributed by atoms with Gasteiger partial charge in [0.25, 0.3) is 0 Å². The summed E-state index contributed by atoms with van der Waals surface area (Å²) in [4.78, 5) is 15.6. The predicted molar refractivity (Wildman–Crippen MR) is 114 cm³/mol. The number of carbonyl (C=O) groups is 1. The molecule has 0 radical (unpaired) electrons. The van der Waals surface area contributed by atoms with Gasteiger partial charge in [-0.15, -0.1) is 0 Å². The van der Waals surface area contributed by atoms with E-state index < -0.39 is 15.4 Å². The van der Waals surface area contributed by atoms with Crippen molar-refractivity contribution in [2.45, 2.75) is 37.0 Å². The highest BCUT2D eigenvalue weighted by Crippen LogP contribution is 2.38. The fraction of sp³-hybridized carbons (Fsp3) is 0.524. The number of aryl methyl sites for hydroxylation is 2. The van der Waals surface area contributed by atoms with Gasteiger partial charge in [0.15, 0.2) is 5.76 Å². The average Bonchev–Trinajstić information content (AvgIpc) is 3.12. The number of piperazine rings is 1. The van der Waals surface area contributed by atoms with Crippen molar-refractivity contribution < 1.29 is 22.5 Å². The molecule has 1 aromatic carbocycles. The third-order valence-electron chi connectivity index (χ3n) is 6.22. The van der Waals surface area contributed by atoms with Gasteiger partial charge in [-0.1, -0.05) is 28.9 Å². The number of rotatable bonds is 4. The first kappa shape index (κ1) is 22.3. The van der Waals surface area contributed by atoms with Crippen molar-refractivity contribution in [2.75, 3.05) is 39.4 Å². The van der Waals surface area contributed by atoms with E-state index in [0.717, 1.165) is 5.56 Å². The van der Waals surface area contributed by atoms with Gasteiger partial charge < -0.3 is 14.2 Å². The number of hydrogen-bond acceptors (Lipinski definition) is 6. The Morgan fingerprint density at radius 2 is 1.81 bits per heavy atom. The first-order valence-corrected chi connectivity index (χ1v) is 12.1. The lowest BCUT2D eigenvalue weighted by molar-refractivity contribution is -0.142. The highest BCUT2D eigenvalue weighted by atomic mass is 35.5. The molecule has 2 aromatic rings. The second-order valence-corrected chi connectivity index (χ2v) is 10.4. The summed E-state index contributed by atoms with van der Waals surface area (Å²) < 4.78 is 38.1. The van der Waals surface area contributed by atoms with E-state index in [1.54, 1.807) is 24.8 Å². The van der Waals surface area contributed by atoms with Crippen LogP contribution in [-0.2, 0) is 25.0 Å². The molecule has 0 atom stereocenters. The second-order valence-electron chi connectivity index (χ2n) is 8.05. The minimum absolute atomic E-state index is 0.00690. The molecule has 31 heavy (non-hydrogen) atoms. The molecule has 10 heteroatoms. The molecule has 2 aliphatic rings. The molecule has 2 saturated heterocycles. The quantitative estimate of drug-likeness (QED) is 0.686. The Morgan fingerprint density at radius 3 is 2.39 bits per heavy atom. The summed E-state index contributed by atoms with van der Waals surface area (Å²) in [5.41, 5.74) is 0.531. The number of benzene rings is 1. The van der Waals surface area contributed by atoms with Gasteiger partial charge in [0.05, 0.1) is 5.41 Å². The smallest absolute Gasteiger partial charge is 0.248 e. The Balaban J connectivity index is 1.54. The van der Waals surface area contributed by atoms with Gasteiger partial charge in [-0.2, -0.15) is 4.31 Å². The lowest BCUT2D eigenvalue weighted by atomic mass is 9.73. The Bertz CT molecular complexity index is 1050. The number of carbonyl (C=O) groups excluding carboxylic acids is 1. The Labute approximate surface area is 187 Å². The molecule has 2 fully saturated rings. The zero-order chi connectivity index (χ0) is 22.2. The molecule has 0 spiro atoms. The maximum Gasteiger partial charge on any atom is 0.248 e. The maximum atomic E-state index is 13.7. The number of amides is 1. The zero-order valence-electron chi connectivity index (χ0n) is 17.6. The van der Waals surface area contributed by atoms with Gasteiger partial charge in [-0.3, -0.25) is 4.79 Å². The van der Waals surface area contributed by atoms with Crippen LogP contribution in [0.15, 0.2) is 33.7 Å². The van der Waals surface area contributed by atoms with Gasteiger partial charge in [0.1, 0.15) is 10.6 Å². The number of aromatic nitrogens is 1. The van der Waals surface area contributed by atoms with E-state index in [9.17, 15) is 13.2 Å². The standard InChI is InChI=1S/C21H26ClN3O5S/c1-15-19(16(2)30-23-15)31(27,28)25-10-8-24(9-11-25)20(26)21(6-12-29-13-7-21)17-4-3-5-18(22)14-17/h3-5,14H,6-13H2,1-2H3. The first-order valence-electron chi connectivity index (χ1n) is 10.3. The number of hydrogen-bond donors (Lipinski definition) is 0. The monoisotopic (exact) mass is 467 g/mol. The maximum absolute atomic E-state index is 13.7. The fourth-order valence-electron chi connectivity index (χ4n) is 4.54. The third-order valence-corrected chi connectivity index (χ3v) is 8.60. The molecule has 8 nitrogen and oxygen atoms in total. The van der Waals surface area contributed by atoms with Gasteiger partial charge in [0.2, 0.25) is 15.9 Å². The van der Waals surface area contributed by atoms with Crippen molar-refractivity contribution in [3.63, 3.8) is 0 Å². The molecule has 0 unspecified atom stereocenters. The minimum atomic E-state index is -3.73. The van der Waals surface area contributed by atoms with Crippen LogP contribution in [0, 0.1) is 13.8 Å². The van der Waals surface area contributed by atoms with Crippen LogP contribution in [0.25, 0.3) is 0 Å². The zero-order valence-corrected chi connectivity index (χ0v) is 19.2. The summed E-state index contributed by atoms with van der Waals surface area (Å²) in [7, 11) is -3.73. The summed E-state index contributed by atoms with van der Waals surface area (Å²) in [6, 6.07) is 7.44. The van der Waals surface area contributed by atoms with Crippen molar-refractivity contribution in [1.82, 2.24) is 14.4 Å². The van der Waals surface area contributed by atoms with Crippen molar-refractivity contribution in [2.24, 2.45) is 0 Å². The van der Waals surface area contributed by atoms with Gasteiger partial charge in [-0.05, 0) is 44.4 Å². The third kappa shape index (κ3) is 4.00. The largest absolute Gasteiger partial charge is 0.381 e. The van der Waals surface area contributed by atoms with Crippen LogP contribution in [0.1, 0.15) is 29.9 Å². The summed E-state index contributed by atoms with van der Waals surface area (Å²) in [6.07, 6.45) is 1.15. The van der Waals surface area contributed by atoms with Crippen LogP contribution in [0.2, 0.25) is 5.02 Å². The van der Waals surface area contributed by atoms with Crippen molar-refractivity contribution in [3.8, 4) is 0 Å². The minimum Gasteiger partial charge on any atom is -0.381 e. The molecule has 4 rings (SSSR count). The molecule has 0 saturated carbocycles. The van der Waals surface area contributed by atoms with E-state index in [2.05, 4.69) is 5.16 Å².